The van der Waals surface area contributed by atoms with Crippen molar-refractivity contribution in [2.24, 2.45) is 0 Å². The Balaban J connectivity index is 1.37. The van der Waals surface area contributed by atoms with E-state index in [-0.39, 0.29) is 48.9 Å². The summed E-state index contributed by atoms with van der Waals surface area (Å²) in [6, 6.07) is 12.9. The van der Waals surface area contributed by atoms with Crippen LogP contribution in [0.3, 0.4) is 0 Å². The molecule has 2 aliphatic rings. The van der Waals surface area contributed by atoms with E-state index in [1.807, 2.05) is 36.4 Å². The van der Waals surface area contributed by atoms with E-state index < -0.39 is 0 Å². The van der Waals surface area contributed by atoms with Crippen molar-refractivity contribution in [3.8, 4) is 5.75 Å². The third-order valence-electron chi connectivity index (χ3n) is 13.4. The van der Waals surface area contributed by atoms with E-state index in [1.54, 1.807) is 15.9 Å². The van der Waals surface area contributed by atoms with Gasteiger partial charge in [-0.15, -0.1) is 0 Å². The molecule has 0 saturated carbocycles. The summed E-state index contributed by atoms with van der Waals surface area (Å²) in [6.07, 6.45) is 20.3. The minimum absolute atomic E-state index is 0.0131. The summed E-state index contributed by atoms with van der Waals surface area (Å²) >= 11 is 0. The van der Waals surface area contributed by atoms with Crippen molar-refractivity contribution < 1.29 is 29.0 Å². The Labute approximate surface area is 356 Å². The zero-order chi connectivity index (χ0) is 42.3. The van der Waals surface area contributed by atoms with Gasteiger partial charge in [0.2, 0.25) is 0 Å². The molecule has 8 heteroatoms. The lowest BCUT2D eigenvalue weighted by Gasteiger charge is -2.36. The van der Waals surface area contributed by atoms with Gasteiger partial charge in [-0.05, 0) is 71.5 Å². The first-order valence-corrected chi connectivity index (χ1v) is 23.6. The molecule has 0 atom stereocenters. The van der Waals surface area contributed by atoms with Crippen LogP contribution in [-0.2, 0) is 0 Å². The minimum Gasteiger partial charge on any atom is -0.491 e. The van der Waals surface area contributed by atoms with E-state index in [0.717, 1.165) is 155 Å². The van der Waals surface area contributed by atoms with E-state index in [0.29, 0.717) is 44.2 Å². The van der Waals surface area contributed by atoms with Gasteiger partial charge in [-0.25, -0.2) is 0 Å². The monoisotopic (exact) mass is 814 g/mol. The van der Waals surface area contributed by atoms with Crippen LogP contribution in [0.4, 0.5) is 0 Å². The van der Waals surface area contributed by atoms with E-state index >= 15 is 0 Å². The molecule has 0 bridgehead atoms. The molecule has 0 unspecified atom stereocenters. The third kappa shape index (κ3) is 8.13. The molecule has 320 valence electrons. The smallest absolute Gasteiger partial charge is 0.261 e. The summed E-state index contributed by atoms with van der Waals surface area (Å²) in [5.74, 6) is -0.593. The van der Waals surface area contributed by atoms with Crippen LogP contribution in [-0.4, -0.2) is 63.8 Å². The Morgan fingerprint density at radius 1 is 0.450 bits per heavy atom. The number of nitrogens with zero attached hydrogens (tertiary/aromatic N) is 2. The molecule has 2 heterocycles. The number of carbonyl (C=O) groups excluding carboxylic acids is 4. The van der Waals surface area contributed by atoms with Gasteiger partial charge in [-0.3, -0.25) is 29.0 Å². The molecule has 8 nitrogen and oxygen atoms in total. The highest BCUT2D eigenvalue weighted by Crippen LogP contribution is 2.50. The second-order valence-corrected chi connectivity index (χ2v) is 17.5. The summed E-state index contributed by atoms with van der Waals surface area (Å²) in [5.41, 5.74) is 1.98. The van der Waals surface area contributed by atoms with Crippen molar-refractivity contribution in [1.29, 1.82) is 0 Å². The molecule has 7 rings (SSSR count). The van der Waals surface area contributed by atoms with Gasteiger partial charge in [-0.2, -0.15) is 0 Å². The van der Waals surface area contributed by atoms with Crippen LogP contribution >= 0.6 is 0 Å². The quantitative estimate of drug-likeness (QED) is 0.0272. The molecule has 5 aromatic rings. The molecule has 0 aromatic heterocycles. The zero-order valence-electron chi connectivity index (χ0n) is 36.6. The first-order valence-electron chi connectivity index (χ1n) is 23.6. The van der Waals surface area contributed by atoms with Gasteiger partial charge in [0.15, 0.2) is 0 Å². The van der Waals surface area contributed by atoms with Crippen LogP contribution in [0.25, 0.3) is 43.1 Å². The van der Waals surface area contributed by atoms with E-state index in [2.05, 4.69) is 27.7 Å². The van der Waals surface area contributed by atoms with Crippen LogP contribution in [0.15, 0.2) is 42.5 Å². The lowest BCUT2D eigenvalue weighted by atomic mass is 9.81. The fourth-order valence-electron chi connectivity index (χ4n) is 10.3. The van der Waals surface area contributed by atoms with Crippen molar-refractivity contribution in [3.05, 3.63) is 64.7 Å². The molecule has 5 aromatic carbocycles. The number of ether oxygens (including phenoxy) is 1. The predicted molar refractivity (Wildman–Crippen MR) is 244 cm³/mol. The van der Waals surface area contributed by atoms with Gasteiger partial charge < -0.3 is 9.84 Å². The second kappa shape index (κ2) is 19.9. The number of imide groups is 2. The number of unbranched alkanes of at least 4 members (excludes halogenated alkanes) is 12. The highest BCUT2D eigenvalue weighted by atomic mass is 16.5. The molecule has 2 aliphatic heterocycles. The van der Waals surface area contributed by atoms with Gasteiger partial charge in [0, 0.05) is 50.3 Å². The van der Waals surface area contributed by atoms with E-state index in [9.17, 15) is 24.3 Å². The number of amides is 4. The Morgan fingerprint density at radius 2 is 0.833 bits per heavy atom. The maximum atomic E-state index is 14.8. The molecule has 0 fully saturated rings. The molecule has 1 N–H and O–H groups in total. The number of fused-ring (bicyclic) bond motifs is 2. The molecular formula is C52H66N2O6. The summed E-state index contributed by atoms with van der Waals surface area (Å²) in [4.78, 5) is 62.0. The Hall–Kier alpha value is -4.56. The lowest BCUT2D eigenvalue weighted by molar-refractivity contribution is 0.0501. The van der Waals surface area contributed by atoms with Crippen molar-refractivity contribution in [3.63, 3.8) is 0 Å². The topological polar surface area (TPSA) is 104 Å². The Morgan fingerprint density at radius 3 is 1.25 bits per heavy atom. The second-order valence-electron chi connectivity index (χ2n) is 17.5. The molecule has 0 radical (unpaired) electrons. The van der Waals surface area contributed by atoms with Crippen LogP contribution in [0.5, 0.6) is 5.75 Å². The zero-order valence-corrected chi connectivity index (χ0v) is 36.6. The summed E-state index contributed by atoms with van der Waals surface area (Å²) in [7, 11) is 0. The van der Waals surface area contributed by atoms with Crippen molar-refractivity contribution >= 4 is 66.7 Å². The predicted octanol–water partition coefficient (Wildman–Crippen LogP) is 12.9. The summed E-state index contributed by atoms with van der Waals surface area (Å²) < 4.78 is 6.33. The number of aliphatic hydroxyl groups excluding tert-OH is 1. The molecular weight excluding hydrogens is 749 g/mol. The molecule has 4 amide bonds. The lowest BCUT2D eigenvalue weighted by Crippen LogP contribution is -2.47. The van der Waals surface area contributed by atoms with Crippen LogP contribution in [0, 0.1) is 0 Å². The normalized spacial score (nSPS) is 14.2. The van der Waals surface area contributed by atoms with Gasteiger partial charge in [0.1, 0.15) is 12.4 Å². The number of aliphatic hydroxyl groups is 1. The van der Waals surface area contributed by atoms with Crippen molar-refractivity contribution in [2.45, 2.75) is 168 Å². The number of rotatable bonds is 25. The van der Waals surface area contributed by atoms with Crippen LogP contribution in [0.1, 0.15) is 198 Å². The average Bonchev–Trinajstić information content (AvgIpc) is 3.26. The van der Waals surface area contributed by atoms with Crippen LogP contribution < -0.4 is 4.74 Å². The third-order valence-corrected chi connectivity index (χ3v) is 13.4. The SMILES string of the molecule is CCCCCCC(CCCCCC)N1C(=O)c2ccc3c4ccc5c6c(cc(OCCO)c(c7ccc(c2c37)C1=O)c64)C(=O)N(C(CCCCCC)CCCCCC)C5=O. The minimum atomic E-state index is -0.299. The molecule has 0 saturated heterocycles. The molecule has 60 heavy (non-hydrogen) atoms. The maximum absolute atomic E-state index is 14.8. The number of hydrogen-bond acceptors (Lipinski definition) is 6. The molecule has 0 aliphatic carbocycles. The highest BCUT2D eigenvalue weighted by Gasteiger charge is 2.41. The summed E-state index contributed by atoms with van der Waals surface area (Å²) in [5, 5.41) is 16.0. The highest BCUT2D eigenvalue weighted by molar-refractivity contribution is 6.42. The van der Waals surface area contributed by atoms with Gasteiger partial charge in [-0.1, -0.05) is 149 Å². The number of carbonyl (C=O) groups is 4. The number of hydrogen-bond donors (Lipinski definition) is 1. The number of benzene rings is 5. The first-order chi connectivity index (χ1) is 29.3. The molecule has 0 spiro atoms. The average molecular weight is 815 g/mol. The Bertz CT molecular complexity index is 2300. The summed E-state index contributed by atoms with van der Waals surface area (Å²) in [6.45, 7) is 8.55. The van der Waals surface area contributed by atoms with Crippen molar-refractivity contribution in [1.82, 2.24) is 9.80 Å². The fourth-order valence-corrected chi connectivity index (χ4v) is 10.3. The van der Waals surface area contributed by atoms with Crippen LogP contribution in [0.2, 0.25) is 0 Å². The first kappa shape index (κ1) is 43.5. The maximum Gasteiger partial charge on any atom is 0.261 e. The van der Waals surface area contributed by atoms with Crippen molar-refractivity contribution in [2.75, 3.05) is 13.2 Å². The van der Waals surface area contributed by atoms with Gasteiger partial charge >= 0.3 is 0 Å². The van der Waals surface area contributed by atoms with E-state index in [4.69, 9.17) is 4.74 Å². The standard InChI is InChI=1S/C52H66N2O6/c1-5-9-13-17-21-34(22-18-14-10-6-2)53-49(56)39-28-25-36-37-26-29-41-46-42(52(59)54(51(41)58)35(23-19-15-11-7-3)24-20-16-12-8-4)33-43(60-32-31-55)47(48(37)46)38-27-30-40(50(53)57)45(39)44(36)38/h25-30,33-35,55H,5-24,31-32H2,1-4H3. The van der Waals surface area contributed by atoms with Gasteiger partial charge in [0.25, 0.3) is 23.6 Å². The Kier molecular flexibility index (Phi) is 14.4. The largest absolute Gasteiger partial charge is 0.491 e. The van der Waals surface area contributed by atoms with E-state index in [1.165, 1.54) is 0 Å². The fraction of sp³-hybridized carbons (Fsp3) is 0.538. The van der Waals surface area contributed by atoms with Gasteiger partial charge in [0.05, 0.1) is 12.2 Å².